The summed E-state index contributed by atoms with van der Waals surface area (Å²) >= 11 is 0. The standard InChI is InChI=1S/C17H30FN3O2Si/c1-16(2,3)24(18,17(4,5)6)15-12-10-21(11-14(22)23)9-8-13(12)19-20(15)7/h8-11H2,1-7H3,(H,22,23). The fraction of sp³-hybridized carbons (Fsp3) is 0.765. The summed E-state index contributed by atoms with van der Waals surface area (Å²) < 4.78 is 18.5. The zero-order valence-corrected chi connectivity index (χ0v) is 16.9. The van der Waals surface area contributed by atoms with Gasteiger partial charge in [0.15, 0.2) is 0 Å². The van der Waals surface area contributed by atoms with Crippen molar-refractivity contribution in [1.29, 1.82) is 0 Å². The molecule has 1 aromatic rings. The van der Waals surface area contributed by atoms with Gasteiger partial charge in [0, 0.05) is 32.1 Å². The normalized spacial score (nSPS) is 17.0. The van der Waals surface area contributed by atoms with Crippen molar-refractivity contribution in [1.82, 2.24) is 14.7 Å². The Bertz CT molecular complexity index is 629. The molecular formula is C17H30FN3O2Si. The van der Waals surface area contributed by atoms with E-state index in [2.05, 4.69) is 5.10 Å². The van der Waals surface area contributed by atoms with Crippen molar-refractivity contribution < 1.29 is 14.0 Å². The lowest BCUT2D eigenvalue weighted by Crippen LogP contribution is -2.61. The Labute approximate surface area is 145 Å². The number of carboxylic acid groups (broad SMARTS) is 1. The number of carbonyl (C=O) groups is 1. The van der Waals surface area contributed by atoms with Crippen molar-refractivity contribution in [2.45, 2.75) is 64.6 Å². The molecule has 2 heterocycles. The van der Waals surface area contributed by atoms with Gasteiger partial charge in [-0.25, -0.2) is 0 Å². The Morgan fingerprint density at radius 2 is 1.79 bits per heavy atom. The highest BCUT2D eigenvalue weighted by molar-refractivity contribution is 6.90. The van der Waals surface area contributed by atoms with Crippen LogP contribution in [0.4, 0.5) is 4.11 Å². The number of nitrogens with zero attached hydrogens (tertiary/aromatic N) is 3. The molecule has 0 unspecified atom stereocenters. The number of aryl methyl sites for hydroxylation is 1. The van der Waals surface area contributed by atoms with Crippen LogP contribution in [0.1, 0.15) is 52.8 Å². The van der Waals surface area contributed by atoms with Gasteiger partial charge in [-0.15, -0.1) is 0 Å². The number of rotatable bonds is 3. The average Bonchev–Trinajstić information content (AvgIpc) is 2.70. The minimum absolute atomic E-state index is 0.0142. The van der Waals surface area contributed by atoms with Crippen LogP contribution in [0.25, 0.3) is 0 Å². The smallest absolute Gasteiger partial charge is 0.317 e. The van der Waals surface area contributed by atoms with Crippen molar-refractivity contribution in [3.63, 3.8) is 0 Å². The molecule has 24 heavy (non-hydrogen) atoms. The molecule has 0 fully saturated rings. The van der Waals surface area contributed by atoms with Crippen LogP contribution >= 0.6 is 0 Å². The maximum absolute atomic E-state index is 16.8. The van der Waals surface area contributed by atoms with E-state index in [9.17, 15) is 4.79 Å². The summed E-state index contributed by atoms with van der Waals surface area (Å²) in [6, 6.07) is 0. The van der Waals surface area contributed by atoms with Crippen molar-refractivity contribution >= 4 is 19.7 Å². The summed E-state index contributed by atoms with van der Waals surface area (Å²) in [7, 11) is -1.62. The molecule has 0 aromatic carbocycles. The van der Waals surface area contributed by atoms with E-state index in [1.807, 2.05) is 53.5 Å². The summed E-state index contributed by atoms with van der Waals surface area (Å²) in [5.41, 5.74) is 1.85. The highest BCUT2D eigenvalue weighted by atomic mass is 28.4. The molecule has 1 aromatic heterocycles. The SMILES string of the molecule is Cn1nc2c(c1[Si](F)(C(C)(C)C)C(C)(C)C)CN(CC(=O)O)CC2. The van der Waals surface area contributed by atoms with Gasteiger partial charge in [0.1, 0.15) is 0 Å². The Balaban J connectivity index is 2.59. The Morgan fingerprint density at radius 1 is 1.25 bits per heavy atom. The maximum atomic E-state index is 16.8. The van der Waals surface area contributed by atoms with E-state index in [4.69, 9.17) is 5.11 Å². The molecule has 136 valence electrons. The Hall–Kier alpha value is -1.21. The minimum atomic E-state index is -3.44. The largest absolute Gasteiger partial charge is 0.480 e. The number of carboxylic acids is 1. The van der Waals surface area contributed by atoms with Gasteiger partial charge in [0.2, 0.25) is 0 Å². The van der Waals surface area contributed by atoms with Gasteiger partial charge in [-0.05, 0) is 10.1 Å². The van der Waals surface area contributed by atoms with Crippen molar-refractivity contribution in [2.24, 2.45) is 7.05 Å². The zero-order valence-electron chi connectivity index (χ0n) is 15.9. The molecule has 0 radical (unpaired) electrons. The number of halogens is 1. The predicted molar refractivity (Wildman–Crippen MR) is 95.8 cm³/mol. The van der Waals surface area contributed by atoms with Crippen LogP contribution in [0, 0.1) is 0 Å². The van der Waals surface area contributed by atoms with E-state index < -0.39 is 24.5 Å². The predicted octanol–water partition coefficient (Wildman–Crippen LogP) is 2.58. The van der Waals surface area contributed by atoms with E-state index in [1.165, 1.54) is 0 Å². The van der Waals surface area contributed by atoms with Gasteiger partial charge in [-0.1, -0.05) is 41.5 Å². The average molecular weight is 356 g/mol. The molecule has 0 aliphatic carbocycles. The van der Waals surface area contributed by atoms with Crippen LogP contribution in [-0.2, 0) is 24.8 Å². The van der Waals surface area contributed by atoms with E-state index in [1.54, 1.807) is 4.68 Å². The van der Waals surface area contributed by atoms with Crippen molar-refractivity contribution in [3.05, 3.63) is 11.3 Å². The Morgan fingerprint density at radius 3 is 2.25 bits per heavy atom. The lowest BCUT2D eigenvalue weighted by Gasteiger charge is -2.45. The number of hydrogen-bond acceptors (Lipinski definition) is 3. The van der Waals surface area contributed by atoms with Gasteiger partial charge in [0.25, 0.3) is 0 Å². The third-order valence-electron chi connectivity index (χ3n) is 5.03. The second-order valence-electron chi connectivity index (χ2n) is 8.91. The molecule has 1 aliphatic rings. The van der Waals surface area contributed by atoms with E-state index in [0.717, 1.165) is 16.6 Å². The first-order chi connectivity index (χ1) is 10.8. The monoisotopic (exact) mass is 355 g/mol. The molecule has 0 bridgehead atoms. The van der Waals surface area contributed by atoms with Gasteiger partial charge in [-0.3, -0.25) is 14.4 Å². The lowest BCUT2D eigenvalue weighted by molar-refractivity contribution is -0.138. The molecule has 7 heteroatoms. The second-order valence-corrected chi connectivity index (χ2v) is 13.7. The summed E-state index contributed by atoms with van der Waals surface area (Å²) in [5.74, 6) is -0.848. The molecule has 1 N–H and O–H groups in total. The first kappa shape index (κ1) is 19.1. The van der Waals surface area contributed by atoms with Gasteiger partial charge < -0.3 is 9.21 Å². The van der Waals surface area contributed by atoms with Crippen molar-refractivity contribution in [3.8, 4) is 0 Å². The molecule has 1 aliphatic heterocycles. The fourth-order valence-corrected chi connectivity index (χ4v) is 8.96. The van der Waals surface area contributed by atoms with Crippen molar-refractivity contribution in [2.75, 3.05) is 13.1 Å². The third kappa shape index (κ3) is 3.03. The van der Waals surface area contributed by atoms with Gasteiger partial charge in [-0.2, -0.15) is 5.10 Å². The van der Waals surface area contributed by atoms with Gasteiger partial charge in [0.05, 0.1) is 17.6 Å². The molecule has 2 rings (SSSR count). The first-order valence-corrected chi connectivity index (χ1v) is 10.3. The molecule has 0 spiro atoms. The number of aliphatic carboxylic acids is 1. The Kier molecular flexibility index (Phi) is 4.74. The van der Waals surface area contributed by atoms with E-state index in [-0.39, 0.29) is 6.54 Å². The molecule has 0 saturated heterocycles. The molecule has 0 atom stereocenters. The number of hydrogen-bond donors (Lipinski definition) is 1. The second kappa shape index (κ2) is 5.95. The summed E-state index contributed by atoms with van der Waals surface area (Å²) in [5, 5.41) is 13.4. The summed E-state index contributed by atoms with van der Waals surface area (Å²) in [6.07, 6.45) is 0.676. The van der Waals surface area contributed by atoms with Crippen LogP contribution < -0.4 is 5.32 Å². The zero-order chi connectivity index (χ0) is 18.5. The quantitative estimate of drug-likeness (QED) is 0.669. The van der Waals surface area contributed by atoms with E-state index >= 15 is 4.11 Å². The third-order valence-corrected chi connectivity index (χ3v) is 10.4. The maximum Gasteiger partial charge on any atom is 0.317 e. The molecular weight excluding hydrogens is 325 g/mol. The van der Waals surface area contributed by atoms with E-state index in [0.29, 0.717) is 19.5 Å². The molecule has 0 amide bonds. The van der Waals surface area contributed by atoms with Crippen LogP contribution in [0.15, 0.2) is 0 Å². The first-order valence-electron chi connectivity index (χ1n) is 8.47. The fourth-order valence-electron chi connectivity index (χ4n) is 4.15. The minimum Gasteiger partial charge on any atom is -0.480 e. The summed E-state index contributed by atoms with van der Waals surface area (Å²) in [4.78, 5) is 12.9. The highest BCUT2D eigenvalue weighted by Crippen LogP contribution is 2.52. The number of fused-ring (bicyclic) bond motifs is 1. The van der Waals surface area contributed by atoms with Gasteiger partial charge >= 0.3 is 14.4 Å². The van der Waals surface area contributed by atoms with Crippen LogP contribution in [0.2, 0.25) is 10.1 Å². The topological polar surface area (TPSA) is 58.4 Å². The van der Waals surface area contributed by atoms with Crippen LogP contribution in [0.5, 0.6) is 0 Å². The number of aromatic nitrogens is 2. The van der Waals surface area contributed by atoms with Crippen LogP contribution in [0.3, 0.4) is 0 Å². The summed E-state index contributed by atoms with van der Waals surface area (Å²) in [6.45, 7) is 13.0. The highest BCUT2D eigenvalue weighted by Gasteiger charge is 2.59. The van der Waals surface area contributed by atoms with Crippen LogP contribution in [-0.4, -0.2) is 47.3 Å². The molecule has 5 nitrogen and oxygen atoms in total. The molecule has 0 saturated carbocycles. The lowest BCUT2D eigenvalue weighted by atomic mass is 10.1.